The summed E-state index contributed by atoms with van der Waals surface area (Å²) in [6.45, 7) is 0.212. The maximum absolute atomic E-state index is 6.24. The highest BCUT2D eigenvalue weighted by Gasteiger charge is 2.29. The van der Waals surface area contributed by atoms with Crippen molar-refractivity contribution in [2.45, 2.75) is 11.4 Å². The average molecular weight is 445 g/mol. The van der Waals surface area contributed by atoms with Crippen LogP contribution in [-0.2, 0) is 0 Å². The zero-order valence-electron chi connectivity index (χ0n) is 14.1. The van der Waals surface area contributed by atoms with Crippen LogP contribution in [0.5, 0.6) is 17.4 Å². The number of hydrogen-bond donors (Lipinski definition) is 1. The van der Waals surface area contributed by atoms with Gasteiger partial charge in [-0.15, -0.1) is 10.2 Å². The third kappa shape index (κ3) is 2.87. The van der Waals surface area contributed by atoms with Crippen LogP contribution in [0.1, 0.15) is 11.8 Å². The molecule has 2 aliphatic heterocycles. The van der Waals surface area contributed by atoms with Gasteiger partial charge in [0.25, 0.3) is 0 Å². The molecule has 136 valence electrons. The number of aromatic nitrogens is 3. The monoisotopic (exact) mass is 444 g/mol. The molecule has 5 rings (SSSR count). The molecule has 9 heteroatoms. The van der Waals surface area contributed by atoms with Crippen molar-refractivity contribution in [1.82, 2.24) is 15.2 Å². The van der Waals surface area contributed by atoms with Gasteiger partial charge in [-0.05, 0) is 24.5 Å². The number of nitrogens with one attached hydrogen (secondary N) is 1. The summed E-state index contributed by atoms with van der Waals surface area (Å²) in [6, 6.07) is 11.6. The molecule has 0 saturated heterocycles. The highest BCUT2D eigenvalue weighted by molar-refractivity contribution is 9.10. The molecule has 1 N–H and O–H groups in total. The van der Waals surface area contributed by atoms with Crippen LogP contribution in [-0.4, -0.2) is 28.2 Å². The molecule has 7 nitrogen and oxygen atoms in total. The van der Waals surface area contributed by atoms with E-state index < -0.39 is 6.23 Å². The van der Waals surface area contributed by atoms with Gasteiger partial charge in [0.05, 0.1) is 0 Å². The Labute approximate surface area is 167 Å². The highest BCUT2D eigenvalue weighted by Crippen LogP contribution is 2.44. The number of anilines is 1. The van der Waals surface area contributed by atoms with Crippen LogP contribution in [0.2, 0.25) is 0 Å². The van der Waals surface area contributed by atoms with E-state index in [4.69, 9.17) is 14.2 Å². The number of fused-ring (bicyclic) bond motifs is 4. The zero-order valence-corrected chi connectivity index (χ0v) is 16.5. The first-order valence-corrected chi connectivity index (χ1v) is 10.1. The minimum Gasteiger partial charge on any atom is -0.454 e. The summed E-state index contributed by atoms with van der Waals surface area (Å²) in [4.78, 5) is 4.52. The summed E-state index contributed by atoms with van der Waals surface area (Å²) in [6.07, 6.45) is 1.40. The summed E-state index contributed by atoms with van der Waals surface area (Å²) in [7, 11) is 0. The van der Waals surface area contributed by atoms with Gasteiger partial charge in [-0.25, -0.2) is 0 Å². The van der Waals surface area contributed by atoms with Crippen molar-refractivity contribution in [2.24, 2.45) is 0 Å². The van der Waals surface area contributed by atoms with Crippen LogP contribution in [0, 0.1) is 0 Å². The normalized spacial score (nSPS) is 16.6. The molecule has 0 fully saturated rings. The van der Waals surface area contributed by atoms with Gasteiger partial charge in [0.15, 0.2) is 23.4 Å². The van der Waals surface area contributed by atoms with E-state index in [1.807, 2.05) is 42.7 Å². The minimum atomic E-state index is -0.498. The van der Waals surface area contributed by atoms with E-state index in [0.717, 1.165) is 21.3 Å². The van der Waals surface area contributed by atoms with Gasteiger partial charge in [0, 0.05) is 21.3 Å². The van der Waals surface area contributed by atoms with Gasteiger partial charge in [-0.3, -0.25) is 0 Å². The Kier molecular flexibility index (Phi) is 4.05. The van der Waals surface area contributed by atoms with Gasteiger partial charge in [0.2, 0.25) is 17.8 Å². The lowest BCUT2D eigenvalue weighted by molar-refractivity contribution is 0.173. The first-order chi connectivity index (χ1) is 13.2. The SMILES string of the molecule is CSc1nnc2c(n1)O[C@@H](c1cc3c(cc1Br)OCO3)Nc1ccccc1-2. The van der Waals surface area contributed by atoms with Gasteiger partial charge in [-0.2, -0.15) is 4.98 Å². The fraction of sp³-hybridized carbons (Fsp3) is 0.167. The van der Waals surface area contributed by atoms with E-state index in [1.54, 1.807) is 0 Å². The summed E-state index contributed by atoms with van der Waals surface area (Å²) < 4.78 is 18.1. The predicted molar refractivity (Wildman–Crippen MR) is 104 cm³/mol. The summed E-state index contributed by atoms with van der Waals surface area (Å²) in [5.74, 6) is 1.82. The van der Waals surface area contributed by atoms with E-state index in [9.17, 15) is 0 Å². The standard InChI is InChI=1S/C18H13BrN4O3S/c1-27-18-21-17-15(22-23-18)9-4-2-3-5-12(9)20-16(26-17)10-6-13-14(7-11(10)19)25-8-24-13/h2-7,16,20H,8H2,1H3/t16-/m0/s1. The Morgan fingerprint density at radius 3 is 2.81 bits per heavy atom. The third-order valence-corrected chi connectivity index (χ3v) is 5.52. The number of rotatable bonds is 2. The summed E-state index contributed by atoms with van der Waals surface area (Å²) >= 11 is 5.03. The van der Waals surface area contributed by atoms with Crippen molar-refractivity contribution >= 4 is 33.4 Å². The van der Waals surface area contributed by atoms with Crippen molar-refractivity contribution < 1.29 is 14.2 Å². The number of halogens is 1. The lowest BCUT2D eigenvalue weighted by Crippen LogP contribution is -2.17. The second kappa shape index (κ2) is 6.58. The highest BCUT2D eigenvalue weighted by atomic mass is 79.9. The molecule has 2 aromatic carbocycles. The van der Waals surface area contributed by atoms with Gasteiger partial charge < -0.3 is 19.5 Å². The van der Waals surface area contributed by atoms with Crippen LogP contribution in [0.4, 0.5) is 5.69 Å². The van der Waals surface area contributed by atoms with Crippen LogP contribution in [0.3, 0.4) is 0 Å². The largest absolute Gasteiger partial charge is 0.454 e. The predicted octanol–water partition coefficient (Wildman–Crippen LogP) is 4.25. The number of thioether (sulfide) groups is 1. The number of para-hydroxylation sites is 1. The molecule has 2 aliphatic rings. The first kappa shape index (κ1) is 16.6. The molecule has 0 amide bonds. The maximum Gasteiger partial charge on any atom is 0.247 e. The number of ether oxygens (including phenoxy) is 3. The molecule has 0 bridgehead atoms. The van der Waals surface area contributed by atoms with E-state index in [2.05, 4.69) is 36.4 Å². The van der Waals surface area contributed by atoms with Gasteiger partial charge >= 0.3 is 0 Å². The smallest absolute Gasteiger partial charge is 0.247 e. The minimum absolute atomic E-state index is 0.212. The number of benzene rings is 2. The van der Waals surface area contributed by atoms with Crippen LogP contribution in [0.15, 0.2) is 46.0 Å². The van der Waals surface area contributed by atoms with Gasteiger partial charge in [-0.1, -0.05) is 45.9 Å². The quantitative estimate of drug-likeness (QED) is 0.587. The van der Waals surface area contributed by atoms with Crippen molar-refractivity contribution in [3.8, 4) is 28.6 Å². The zero-order chi connectivity index (χ0) is 18.4. The molecule has 0 unspecified atom stereocenters. The molecule has 0 radical (unpaired) electrons. The second-order valence-electron chi connectivity index (χ2n) is 5.87. The van der Waals surface area contributed by atoms with E-state index in [1.165, 1.54) is 11.8 Å². The Hall–Kier alpha value is -2.52. The topological polar surface area (TPSA) is 78.4 Å². The first-order valence-electron chi connectivity index (χ1n) is 8.13. The fourth-order valence-corrected chi connectivity index (χ4v) is 3.84. The third-order valence-electron chi connectivity index (χ3n) is 4.29. The van der Waals surface area contributed by atoms with Crippen LogP contribution in [0.25, 0.3) is 11.3 Å². The molecule has 3 heterocycles. The molecule has 3 aromatic rings. The second-order valence-corrected chi connectivity index (χ2v) is 7.49. The Bertz CT molecular complexity index is 1050. The molecule has 27 heavy (non-hydrogen) atoms. The van der Waals surface area contributed by atoms with E-state index >= 15 is 0 Å². The Morgan fingerprint density at radius 1 is 1.15 bits per heavy atom. The van der Waals surface area contributed by atoms with Crippen molar-refractivity contribution in [3.05, 3.63) is 46.4 Å². The Balaban J connectivity index is 1.66. The molecule has 1 atom stereocenters. The molecule has 1 aromatic heterocycles. The lowest BCUT2D eigenvalue weighted by Gasteiger charge is -2.20. The molecule has 0 spiro atoms. The van der Waals surface area contributed by atoms with Crippen LogP contribution >= 0.6 is 27.7 Å². The number of hydrogen-bond acceptors (Lipinski definition) is 8. The van der Waals surface area contributed by atoms with E-state index in [0.29, 0.717) is 28.2 Å². The Morgan fingerprint density at radius 2 is 1.96 bits per heavy atom. The van der Waals surface area contributed by atoms with E-state index in [-0.39, 0.29) is 6.79 Å². The van der Waals surface area contributed by atoms with Gasteiger partial charge in [0.1, 0.15) is 0 Å². The van der Waals surface area contributed by atoms with Crippen molar-refractivity contribution in [1.29, 1.82) is 0 Å². The molecule has 0 saturated carbocycles. The maximum atomic E-state index is 6.24. The van der Waals surface area contributed by atoms with Crippen LogP contribution < -0.4 is 19.5 Å². The van der Waals surface area contributed by atoms with Crippen molar-refractivity contribution in [2.75, 3.05) is 18.4 Å². The average Bonchev–Trinajstić information content (AvgIpc) is 3.07. The van der Waals surface area contributed by atoms with Crippen molar-refractivity contribution in [3.63, 3.8) is 0 Å². The summed E-state index contributed by atoms with van der Waals surface area (Å²) in [5, 5.41) is 12.5. The number of nitrogens with zero attached hydrogens (tertiary/aromatic N) is 3. The fourth-order valence-electron chi connectivity index (χ4n) is 3.01. The molecular formula is C18H13BrN4O3S. The molecule has 0 aliphatic carbocycles. The lowest BCUT2D eigenvalue weighted by atomic mass is 10.1. The summed E-state index contributed by atoms with van der Waals surface area (Å²) in [5.41, 5.74) is 3.25. The molecular weight excluding hydrogens is 432 g/mol.